The molecule has 2 saturated heterocycles. The van der Waals surface area contributed by atoms with Crippen LogP contribution in [0.25, 0.3) is 11.2 Å². The number of pyridine rings is 1. The van der Waals surface area contributed by atoms with Crippen LogP contribution in [0.3, 0.4) is 0 Å². The summed E-state index contributed by atoms with van der Waals surface area (Å²) in [5.74, 6) is -1.38. The monoisotopic (exact) mass is 984 g/mol. The summed E-state index contributed by atoms with van der Waals surface area (Å²) in [6.45, 7) is 4.90. The number of hydrogen-bond acceptors (Lipinski definition) is 15. The van der Waals surface area contributed by atoms with Crippen LogP contribution >= 0.6 is 0 Å². The number of carbonyl (C=O) groups excluding carboxylic acids is 2. The second-order valence-corrected chi connectivity index (χ2v) is 17.5. The molecule has 23 heteroatoms. The van der Waals surface area contributed by atoms with Gasteiger partial charge in [0.15, 0.2) is 17.0 Å². The molecular formula is C48H55F3N12O8. The predicted molar refractivity (Wildman–Crippen MR) is 253 cm³/mol. The summed E-state index contributed by atoms with van der Waals surface area (Å²) in [6.07, 6.45) is 1.59. The molecule has 9 rings (SSSR count). The Morgan fingerprint density at radius 2 is 1.46 bits per heavy atom. The van der Waals surface area contributed by atoms with Gasteiger partial charge in [0.2, 0.25) is 5.95 Å². The predicted octanol–water partition coefficient (Wildman–Crippen LogP) is 4.42. The number of alkyl halides is 3. The van der Waals surface area contributed by atoms with Gasteiger partial charge in [-0.25, -0.2) is 24.4 Å². The summed E-state index contributed by atoms with van der Waals surface area (Å²) in [7, 11) is 0. The molecule has 20 nitrogen and oxygen atoms in total. The standard InChI is InChI=1S/C46H54N12O6.C2HF3O2/c1-2-64-44(62)32-13-14-38(47-23-32)55-18-15-33(16-19-55)51-46(63)52-34-17-20-56(26-34)45-53-42(48-24-35(30-9-5-3-6-10-30)31-11-7-4-8-12-31)39-43(54-45)57(28-49-39)36-21-37(41(61)40(36)60)58-25-29(27-59)22-50-58;3-2(4,5)1(6)7/h3-14,22-23,25,28,33-37,40-41,59-61H,2,15-21,24,26-27H2,1H3,(H,48,53,54)(H2,51,52,63);(H,6,7)/t34-,36-,37+,40+,41-;/m1./s1. The molecule has 3 fully saturated rings. The van der Waals surface area contributed by atoms with Crippen molar-refractivity contribution in [1.82, 2.24) is 44.9 Å². The number of esters is 1. The molecule has 0 radical (unpaired) electrons. The number of ether oxygens (including phenoxy) is 1. The molecular weight excluding hydrogens is 930 g/mol. The molecule has 0 spiro atoms. The smallest absolute Gasteiger partial charge is 0.475 e. The van der Waals surface area contributed by atoms with Crippen molar-refractivity contribution in [1.29, 1.82) is 0 Å². The Bertz CT molecular complexity index is 2700. The molecule has 6 heterocycles. The number of aliphatic hydroxyl groups excluding tert-OH is 3. The molecule has 5 atom stereocenters. The highest BCUT2D eigenvalue weighted by Gasteiger charge is 2.45. The number of urea groups is 1. The first kappa shape index (κ1) is 50.0. The Kier molecular flexibility index (Phi) is 15.6. The third-order valence-corrected chi connectivity index (χ3v) is 12.9. The van der Waals surface area contributed by atoms with Crippen LogP contribution in [0.2, 0.25) is 0 Å². The van der Waals surface area contributed by atoms with Crippen LogP contribution in [-0.2, 0) is 16.1 Å². The number of fused-ring (bicyclic) bond motifs is 1. The molecule has 0 unspecified atom stereocenters. The molecule has 3 aliphatic rings. The van der Waals surface area contributed by atoms with E-state index < -0.39 is 42.4 Å². The number of carboxylic acid groups (broad SMARTS) is 1. The van der Waals surface area contributed by atoms with Gasteiger partial charge in [-0.1, -0.05) is 60.7 Å². The molecule has 2 aromatic carbocycles. The maximum atomic E-state index is 13.4. The number of amides is 2. The number of nitrogens with zero attached hydrogens (tertiary/aromatic N) is 9. The van der Waals surface area contributed by atoms with Gasteiger partial charge in [0.1, 0.15) is 18.0 Å². The van der Waals surface area contributed by atoms with Crippen molar-refractivity contribution in [2.45, 2.75) is 87.7 Å². The van der Waals surface area contributed by atoms with E-state index in [-0.39, 0.29) is 30.6 Å². The lowest BCUT2D eigenvalue weighted by atomic mass is 9.91. The number of piperidine rings is 1. The van der Waals surface area contributed by atoms with Crippen molar-refractivity contribution in [3.05, 3.63) is 120 Å². The van der Waals surface area contributed by atoms with Crippen LogP contribution < -0.4 is 25.8 Å². The third-order valence-electron chi connectivity index (χ3n) is 12.9. The van der Waals surface area contributed by atoms with Crippen molar-refractivity contribution in [2.75, 3.05) is 54.4 Å². The maximum absolute atomic E-state index is 13.4. The molecule has 2 amide bonds. The van der Waals surface area contributed by atoms with E-state index in [1.807, 2.05) is 47.0 Å². The number of nitrogens with one attached hydrogen (secondary N) is 3. The minimum absolute atomic E-state index is 0.00287. The fourth-order valence-electron chi connectivity index (χ4n) is 9.21. The number of carboxylic acids is 1. The van der Waals surface area contributed by atoms with E-state index in [9.17, 15) is 38.1 Å². The highest BCUT2D eigenvalue weighted by molar-refractivity contribution is 5.89. The number of imidazole rings is 1. The van der Waals surface area contributed by atoms with E-state index in [0.717, 1.165) is 29.8 Å². The van der Waals surface area contributed by atoms with Gasteiger partial charge in [-0.3, -0.25) is 4.68 Å². The minimum atomic E-state index is -5.08. The van der Waals surface area contributed by atoms with E-state index in [1.165, 1.54) is 6.20 Å². The summed E-state index contributed by atoms with van der Waals surface area (Å²) in [6, 6.07) is 22.7. The van der Waals surface area contributed by atoms with E-state index >= 15 is 0 Å². The SMILES string of the molecule is CCOC(=O)c1ccc(N2CCC(NC(=O)N[C@@H]3CCN(c4nc(NCC(c5ccccc5)c5ccccc5)c5ncn([C@@H]6C[C@H](n7cc(CO)cn7)[C@@H](O)[C@H]6O)c5n4)C3)CC2)nc1.O=C(O)C(F)(F)F. The number of benzene rings is 2. The molecule has 0 bridgehead atoms. The van der Waals surface area contributed by atoms with Crippen molar-refractivity contribution in [3.63, 3.8) is 0 Å². The molecule has 7 N–H and O–H groups in total. The largest absolute Gasteiger partial charge is 0.490 e. The van der Waals surface area contributed by atoms with Crippen LogP contribution in [0.1, 0.15) is 77.7 Å². The summed E-state index contributed by atoms with van der Waals surface area (Å²) in [4.78, 5) is 57.9. The quantitative estimate of drug-likeness (QED) is 0.0746. The van der Waals surface area contributed by atoms with Gasteiger partial charge in [0.05, 0.1) is 43.4 Å². The molecule has 1 saturated carbocycles. The van der Waals surface area contributed by atoms with E-state index in [2.05, 4.69) is 60.1 Å². The van der Waals surface area contributed by atoms with Gasteiger partial charge < -0.3 is 55.5 Å². The first-order valence-corrected chi connectivity index (χ1v) is 23.3. The lowest BCUT2D eigenvalue weighted by Crippen LogP contribution is -2.50. The van der Waals surface area contributed by atoms with Gasteiger partial charge >= 0.3 is 24.1 Å². The summed E-state index contributed by atoms with van der Waals surface area (Å²) in [5.41, 5.74) is 4.35. The summed E-state index contributed by atoms with van der Waals surface area (Å²) in [5, 5.41) is 53.8. The Morgan fingerprint density at radius 3 is 2.07 bits per heavy atom. The number of carbonyl (C=O) groups is 3. The average Bonchev–Trinajstić information content (AvgIpc) is 4.20. The minimum Gasteiger partial charge on any atom is -0.475 e. The fourth-order valence-corrected chi connectivity index (χ4v) is 9.21. The summed E-state index contributed by atoms with van der Waals surface area (Å²) < 4.78 is 40.2. The van der Waals surface area contributed by atoms with Crippen LogP contribution in [0.15, 0.2) is 97.7 Å². The molecule has 4 aromatic heterocycles. The van der Waals surface area contributed by atoms with Gasteiger partial charge in [-0.05, 0) is 55.9 Å². The van der Waals surface area contributed by atoms with E-state index in [4.69, 9.17) is 29.6 Å². The van der Waals surface area contributed by atoms with E-state index in [0.29, 0.717) is 86.2 Å². The van der Waals surface area contributed by atoms with Crippen LogP contribution in [-0.4, -0.2) is 142 Å². The zero-order valence-corrected chi connectivity index (χ0v) is 38.6. The number of hydrogen-bond donors (Lipinski definition) is 7. The molecule has 1 aliphatic carbocycles. The second kappa shape index (κ2) is 22.2. The number of anilines is 3. The van der Waals surface area contributed by atoms with Gasteiger partial charge in [-0.2, -0.15) is 28.2 Å². The lowest BCUT2D eigenvalue weighted by molar-refractivity contribution is -0.192. The van der Waals surface area contributed by atoms with Crippen LogP contribution in [0.4, 0.5) is 35.5 Å². The zero-order valence-electron chi connectivity index (χ0n) is 38.6. The molecule has 71 heavy (non-hydrogen) atoms. The van der Waals surface area contributed by atoms with Gasteiger partial charge in [-0.15, -0.1) is 0 Å². The van der Waals surface area contributed by atoms with Crippen molar-refractivity contribution < 1.29 is 52.7 Å². The topological polar surface area (TPSA) is 258 Å². The Labute approximate surface area is 405 Å². The number of rotatable bonds is 14. The van der Waals surface area contributed by atoms with Crippen LogP contribution in [0.5, 0.6) is 0 Å². The number of aliphatic hydroxyl groups is 3. The normalized spacial score (nSPS) is 20.4. The third kappa shape index (κ3) is 11.8. The lowest BCUT2D eigenvalue weighted by Gasteiger charge is -2.33. The molecule has 2 aliphatic heterocycles. The van der Waals surface area contributed by atoms with Gasteiger partial charge in [0.25, 0.3) is 0 Å². The zero-order chi connectivity index (χ0) is 50.2. The first-order chi connectivity index (χ1) is 34.2. The molecule has 376 valence electrons. The van der Waals surface area contributed by atoms with Crippen molar-refractivity contribution >= 4 is 46.7 Å². The number of aliphatic carboxylic acids is 1. The number of halogens is 3. The Hall–Kier alpha value is -7.37. The van der Waals surface area contributed by atoms with Crippen LogP contribution in [0, 0.1) is 0 Å². The Balaban J connectivity index is 0.000000900. The number of aromatic nitrogens is 7. The Morgan fingerprint density at radius 1 is 0.831 bits per heavy atom. The summed E-state index contributed by atoms with van der Waals surface area (Å²) >= 11 is 0. The average molecular weight is 985 g/mol. The van der Waals surface area contributed by atoms with Crippen molar-refractivity contribution in [3.8, 4) is 0 Å². The molecule has 6 aromatic rings. The second-order valence-electron chi connectivity index (χ2n) is 17.5. The first-order valence-electron chi connectivity index (χ1n) is 23.3. The van der Waals surface area contributed by atoms with E-state index in [1.54, 1.807) is 36.4 Å². The maximum Gasteiger partial charge on any atom is 0.490 e. The van der Waals surface area contributed by atoms with Crippen molar-refractivity contribution in [2.24, 2.45) is 0 Å². The highest BCUT2D eigenvalue weighted by Crippen LogP contribution is 2.40. The van der Waals surface area contributed by atoms with Gasteiger partial charge in [0, 0.05) is 68.7 Å². The fraction of sp³-hybridized carbons (Fsp3) is 0.417. The highest BCUT2D eigenvalue weighted by atomic mass is 19.4.